The predicted molar refractivity (Wildman–Crippen MR) is 90.7 cm³/mol. The SMILES string of the molecule is COc1ccccc1C(C)NC(=O)CN1CCCNCC1.Cl. The van der Waals surface area contributed by atoms with Crippen molar-refractivity contribution in [3.05, 3.63) is 29.8 Å². The van der Waals surface area contributed by atoms with Gasteiger partial charge in [-0.05, 0) is 32.5 Å². The Morgan fingerprint density at radius 1 is 1.36 bits per heavy atom. The van der Waals surface area contributed by atoms with Gasteiger partial charge in [0, 0.05) is 18.7 Å². The normalized spacial score (nSPS) is 17.0. The Hall–Kier alpha value is -1.30. The fraction of sp³-hybridized carbons (Fsp3) is 0.562. The maximum absolute atomic E-state index is 12.2. The second kappa shape index (κ2) is 9.66. The summed E-state index contributed by atoms with van der Waals surface area (Å²) in [4.78, 5) is 14.4. The molecule has 0 aromatic heterocycles. The number of methoxy groups -OCH3 is 1. The fourth-order valence-corrected chi connectivity index (χ4v) is 2.65. The molecular weight excluding hydrogens is 302 g/mol. The number of nitrogens with one attached hydrogen (secondary N) is 2. The van der Waals surface area contributed by atoms with Gasteiger partial charge in [-0.3, -0.25) is 9.69 Å². The molecule has 1 amide bonds. The smallest absolute Gasteiger partial charge is 0.234 e. The van der Waals surface area contributed by atoms with Gasteiger partial charge < -0.3 is 15.4 Å². The highest BCUT2D eigenvalue weighted by molar-refractivity contribution is 5.85. The average Bonchev–Trinajstić information content (AvgIpc) is 2.75. The Bertz CT molecular complexity index is 462. The van der Waals surface area contributed by atoms with Gasteiger partial charge in [-0.15, -0.1) is 12.4 Å². The van der Waals surface area contributed by atoms with Crippen LogP contribution < -0.4 is 15.4 Å². The molecule has 1 heterocycles. The van der Waals surface area contributed by atoms with E-state index in [1.807, 2.05) is 31.2 Å². The van der Waals surface area contributed by atoms with Gasteiger partial charge in [0.1, 0.15) is 5.75 Å². The Labute approximate surface area is 138 Å². The molecule has 1 aromatic carbocycles. The van der Waals surface area contributed by atoms with Gasteiger partial charge in [0.05, 0.1) is 19.7 Å². The Kier molecular flexibility index (Phi) is 8.24. The summed E-state index contributed by atoms with van der Waals surface area (Å²) in [7, 11) is 1.65. The summed E-state index contributed by atoms with van der Waals surface area (Å²) in [6, 6.07) is 7.74. The Morgan fingerprint density at radius 3 is 2.91 bits per heavy atom. The molecule has 2 rings (SSSR count). The molecule has 0 bridgehead atoms. The van der Waals surface area contributed by atoms with Crippen LogP contribution in [0.25, 0.3) is 0 Å². The summed E-state index contributed by atoms with van der Waals surface area (Å²) >= 11 is 0. The first kappa shape index (κ1) is 18.7. The van der Waals surface area contributed by atoms with Crippen molar-refractivity contribution in [1.82, 2.24) is 15.5 Å². The zero-order valence-electron chi connectivity index (χ0n) is 13.3. The lowest BCUT2D eigenvalue weighted by atomic mass is 10.1. The standard InChI is InChI=1S/C16H25N3O2.ClH/c1-13(14-6-3-4-7-15(14)21-2)18-16(20)12-19-10-5-8-17-9-11-19;/h3-4,6-7,13,17H,5,8-12H2,1-2H3,(H,18,20);1H. The molecule has 1 aliphatic heterocycles. The highest BCUT2D eigenvalue weighted by Crippen LogP contribution is 2.24. The third-order valence-corrected chi connectivity index (χ3v) is 3.78. The van der Waals surface area contributed by atoms with Gasteiger partial charge in [-0.1, -0.05) is 18.2 Å². The maximum atomic E-state index is 12.2. The first-order chi connectivity index (χ1) is 10.2. The van der Waals surface area contributed by atoms with Crippen molar-refractivity contribution >= 4 is 18.3 Å². The number of para-hydroxylation sites is 1. The molecule has 2 N–H and O–H groups in total. The summed E-state index contributed by atoms with van der Waals surface area (Å²) in [5.74, 6) is 0.875. The largest absolute Gasteiger partial charge is 0.496 e. The summed E-state index contributed by atoms with van der Waals surface area (Å²) in [6.45, 7) is 6.34. The third-order valence-electron chi connectivity index (χ3n) is 3.78. The van der Waals surface area contributed by atoms with Gasteiger partial charge >= 0.3 is 0 Å². The molecule has 22 heavy (non-hydrogen) atoms. The number of halogens is 1. The van der Waals surface area contributed by atoms with Crippen molar-refractivity contribution in [3.63, 3.8) is 0 Å². The van der Waals surface area contributed by atoms with Gasteiger partial charge in [-0.2, -0.15) is 0 Å². The zero-order valence-corrected chi connectivity index (χ0v) is 14.1. The highest BCUT2D eigenvalue weighted by atomic mass is 35.5. The van der Waals surface area contributed by atoms with Crippen LogP contribution in [0.3, 0.4) is 0 Å². The Morgan fingerprint density at radius 2 is 2.14 bits per heavy atom. The molecule has 1 atom stereocenters. The minimum Gasteiger partial charge on any atom is -0.496 e. The summed E-state index contributed by atoms with van der Waals surface area (Å²) in [5, 5.41) is 6.40. The van der Waals surface area contributed by atoms with Crippen LogP contribution in [0.1, 0.15) is 24.9 Å². The lowest BCUT2D eigenvalue weighted by Crippen LogP contribution is -2.39. The number of carbonyl (C=O) groups excluding carboxylic acids is 1. The van der Waals surface area contributed by atoms with E-state index in [-0.39, 0.29) is 24.4 Å². The monoisotopic (exact) mass is 327 g/mol. The number of nitrogens with zero attached hydrogens (tertiary/aromatic N) is 1. The van der Waals surface area contributed by atoms with Crippen LogP contribution in [0, 0.1) is 0 Å². The molecule has 1 aromatic rings. The van der Waals surface area contributed by atoms with Crippen LogP contribution in [0.4, 0.5) is 0 Å². The van der Waals surface area contributed by atoms with Crippen molar-refractivity contribution in [3.8, 4) is 5.75 Å². The van der Waals surface area contributed by atoms with E-state index in [1.165, 1.54) is 0 Å². The molecule has 0 aliphatic carbocycles. The number of hydrogen-bond acceptors (Lipinski definition) is 4. The van der Waals surface area contributed by atoms with Crippen molar-refractivity contribution in [2.24, 2.45) is 0 Å². The lowest BCUT2D eigenvalue weighted by Gasteiger charge is -2.21. The number of ether oxygens (including phenoxy) is 1. The van der Waals surface area contributed by atoms with Crippen molar-refractivity contribution in [1.29, 1.82) is 0 Å². The molecule has 1 fully saturated rings. The van der Waals surface area contributed by atoms with Crippen LogP contribution in [-0.2, 0) is 4.79 Å². The Balaban J connectivity index is 0.00000242. The molecule has 6 heteroatoms. The summed E-state index contributed by atoms with van der Waals surface area (Å²) in [5.41, 5.74) is 1.01. The van der Waals surface area contributed by atoms with Crippen LogP contribution >= 0.6 is 12.4 Å². The van der Waals surface area contributed by atoms with Crippen LogP contribution in [-0.4, -0.2) is 50.6 Å². The number of hydrogen-bond donors (Lipinski definition) is 2. The molecule has 1 unspecified atom stereocenters. The molecule has 1 saturated heterocycles. The van der Waals surface area contributed by atoms with Gasteiger partial charge in [0.25, 0.3) is 0 Å². The minimum absolute atomic E-state index is 0. The first-order valence-corrected chi connectivity index (χ1v) is 7.56. The van der Waals surface area contributed by atoms with Crippen LogP contribution in [0.15, 0.2) is 24.3 Å². The van der Waals surface area contributed by atoms with Crippen LogP contribution in [0.2, 0.25) is 0 Å². The number of amides is 1. The highest BCUT2D eigenvalue weighted by Gasteiger charge is 2.16. The van der Waals surface area contributed by atoms with E-state index in [0.29, 0.717) is 6.54 Å². The number of carbonyl (C=O) groups is 1. The lowest BCUT2D eigenvalue weighted by molar-refractivity contribution is -0.122. The zero-order chi connectivity index (χ0) is 15.1. The van der Waals surface area contributed by atoms with E-state index in [1.54, 1.807) is 7.11 Å². The average molecular weight is 328 g/mol. The fourth-order valence-electron chi connectivity index (χ4n) is 2.65. The van der Waals surface area contributed by atoms with Crippen molar-refractivity contribution in [2.45, 2.75) is 19.4 Å². The second-order valence-electron chi connectivity index (χ2n) is 5.41. The molecule has 124 valence electrons. The van der Waals surface area contributed by atoms with E-state index in [0.717, 1.165) is 43.9 Å². The van der Waals surface area contributed by atoms with Crippen molar-refractivity contribution in [2.75, 3.05) is 39.8 Å². The minimum atomic E-state index is -0.0567. The van der Waals surface area contributed by atoms with E-state index < -0.39 is 0 Å². The quantitative estimate of drug-likeness (QED) is 0.862. The topological polar surface area (TPSA) is 53.6 Å². The summed E-state index contributed by atoms with van der Waals surface area (Å²) < 4.78 is 5.34. The molecule has 0 spiro atoms. The van der Waals surface area contributed by atoms with Gasteiger partial charge in [0.15, 0.2) is 0 Å². The second-order valence-corrected chi connectivity index (χ2v) is 5.41. The third kappa shape index (κ3) is 5.48. The van der Waals surface area contributed by atoms with Gasteiger partial charge in [0.2, 0.25) is 5.91 Å². The predicted octanol–water partition coefficient (Wildman–Crippen LogP) is 1.59. The molecule has 0 radical (unpaired) electrons. The molecule has 1 aliphatic rings. The maximum Gasteiger partial charge on any atom is 0.234 e. The molecule has 5 nitrogen and oxygen atoms in total. The van der Waals surface area contributed by atoms with Crippen molar-refractivity contribution < 1.29 is 9.53 Å². The van der Waals surface area contributed by atoms with E-state index in [2.05, 4.69) is 15.5 Å². The molecular formula is C16H26ClN3O2. The van der Waals surface area contributed by atoms with E-state index in [9.17, 15) is 4.79 Å². The first-order valence-electron chi connectivity index (χ1n) is 7.56. The van der Waals surface area contributed by atoms with E-state index in [4.69, 9.17) is 4.74 Å². The number of benzene rings is 1. The van der Waals surface area contributed by atoms with Gasteiger partial charge in [-0.25, -0.2) is 0 Å². The molecule has 0 saturated carbocycles. The van der Waals surface area contributed by atoms with E-state index >= 15 is 0 Å². The van der Waals surface area contributed by atoms with Crippen LogP contribution in [0.5, 0.6) is 5.75 Å². The number of rotatable bonds is 5. The summed E-state index contributed by atoms with van der Waals surface area (Å²) in [6.07, 6.45) is 1.09.